The third kappa shape index (κ3) is 5.35. The van der Waals surface area contributed by atoms with E-state index < -0.39 is 35.0 Å². The molecule has 8 nitrogen and oxygen atoms in total. The van der Waals surface area contributed by atoms with Crippen molar-refractivity contribution >= 4 is 35.1 Å². The fourth-order valence-corrected chi connectivity index (χ4v) is 7.55. The average Bonchev–Trinajstić information content (AvgIpc) is 3.44. The quantitative estimate of drug-likeness (QED) is 0.190. The largest absolute Gasteiger partial charge is 0.465 e. The number of rotatable bonds is 14. The average molecular weight is 587 g/mol. The molecule has 1 aromatic rings. The summed E-state index contributed by atoms with van der Waals surface area (Å²) in [6, 6.07) is 4.52. The third-order valence-electron chi connectivity index (χ3n) is 9.21. The number of aliphatic hydroxyl groups excluding tert-OH is 1. The van der Waals surface area contributed by atoms with Gasteiger partial charge in [0, 0.05) is 19.7 Å². The number of para-hydroxylation sites is 1. The minimum absolute atomic E-state index is 0.0850. The van der Waals surface area contributed by atoms with Gasteiger partial charge in [0.2, 0.25) is 5.91 Å². The Balaban J connectivity index is 1.78. The van der Waals surface area contributed by atoms with Gasteiger partial charge in [0.05, 0.1) is 28.8 Å². The number of esters is 1. The first-order valence-corrected chi connectivity index (χ1v) is 15.0. The van der Waals surface area contributed by atoms with Crippen LogP contribution in [0.25, 0.3) is 0 Å². The summed E-state index contributed by atoms with van der Waals surface area (Å²) >= 11 is 6.64. The molecule has 1 N–H and O–H groups in total. The number of hydrogen-bond donors (Lipinski definition) is 1. The maximum atomic E-state index is 14.7. The molecule has 0 aliphatic carbocycles. The molecular formula is C32H43ClN2O6. The van der Waals surface area contributed by atoms with E-state index in [1.54, 1.807) is 28.0 Å². The summed E-state index contributed by atoms with van der Waals surface area (Å²) in [7, 11) is 0. The topological polar surface area (TPSA) is 96.4 Å². The molecule has 1 aromatic carbocycles. The zero-order chi connectivity index (χ0) is 29.9. The summed E-state index contributed by atoms with van der Waals surface area (Å²) in [4.78, 5) is 45.8. The number of halogens is 1. The molecule has 3 heterocycles. The van der Waals surface area contributed by atoms with Gasteiger partial charge in [-0.15, -0.1) is 13.2 Å². The lowest BCUT2D eigenvalue weighted by molar-refractivity contribution is -0.161. The lowest BCUT2D eigenvalue weighted by atomic mass is 9.62. The molecule has 4 rings (SSSR count). The van der Waals surface area contributed by atoms with Crippen LogP contribution in [0.15, 0.2) is 43.5 Å². The van der Waals surface area contributed by atoms with Gasteiger partial charge in [-0.25, -0.2) is 0 Å². The van der Waals surface area contributed by atoms with Crippen LogP contribution in [-0.2, 0) is 23.9 Å². The molecule has 6 atom stereocenters. The number of nitrogens with zero attached hydrogens (tertiary/aromatic N) is 2. The van der Waals surface area contributed by atoms with E-state index in [0.717, 1.165) is 18.4 Å². The third-order valence-corrected chi connectivity index (χ3v) is 9.52. The van der Waals surface area contributed by atoms with Crippen molar-refractivity contribution in [1.82, 2.24) is 4.90 Å². The number of anilines is 1. The summed E-state index contributed by atoms with van der Waals surface area (Å²) in [6.45, 7) is 14.2. The number of hydrogen-bond acceptors (Lipinski definition) is 6. The number of ether oxygens (including phenoxy) is 2. The van der Waals surface area contributed by atoms with Crippen molar-refractivity contribution in [3.63, 3.8) is 0 Å². The van der Waals surface area contributed by atoms with Crippen molar-refractivity contribution in [3.8, 4) is 0 Å². The van der Waals surface area contributed by atoms with E-state index in [1.807, 2.05) is 32.9 Å². The highest BCUT2D eigenvalue weighted by Crippen LogP contribution is 2.65. The zero-order valence-electron chi connectivity index (χ0n) is 24.4. The lowest BCUT2D eigenvalue weighted by Gasteiger charge is -2.37. The van der Waals surface area contributed by atoms with E-state index in [-0.39, 0.29) is 37.5 Å². The smallest absolute Gasteiger partial charge is 0.312 e. The summed E-state index contributed by atoms with van der Waals surface area (Å²) < 4.78 is 12.4. The van der Waals surface area contributed by atoms with Crippen molar-refractivity contribution in [3.05, 3.63) is 54.1 Å². The number of amides is 2. The second kappa shape index (κ2) is 12.7. The highest BCUT2D eigenvalue weighted by molar-refractivity contribution is 6.34. The highest BCUT2D eigenvalue weighted by Gasteiger charge is 2.80. The van der Waals surface area contributed by atoms with Crippen LogP contribution in [0.3, 0.4) is 0 Å². The van der Waals surface area contributed by atoms with E-state index in [0.29, 0.717) is 42.9 Å². The van der Waals surface area contributed by atoms with Crippen LogP contribution in [0.2, 0.25) is 5.02 Å². The number of benzene rings is 1. The molecule has 41 heavy (non-hydrogen) atoms. The summed E-state index contributed by atoms with van der Waals surface area (Å²) in [6.07, 6.45) is 7.24. The minimum Gasteiger partial charge on any atom is -0.465 e. The molecule has 1 spiro atoms. The second-order valence-electron chi connectivity index (χ2n) is 11.8. The van der Waals surface area contributed by atoms with Gasteiger partial charge in [0.15, 0.2) is 0 Å². The molecule has 9 heteroatoms. The second-order valence-corrected chi connectivity index (χ2v) is 12.2. The number of likely N-dealkylation sites (tertiary alicyclic amines) is 1. The zero-order valence-corrected chi connectivity index (χ0v) is 25.2. The predicted molar refractivity (Wildman–Crippen MR) is 159 cm³/mol. The Labute approximate surface area is 248 Å². The minimum atomic E-state index is -1.18. The molecule has 224 valence electrons. The Morgan fingerprint density at radius 3 is 2.63 bits per heavy atom. The Kier molecular flexibility index (Phi) is 9.66. The molecule has 3 fully saturated rings. The normalized spacial score (nSPS) is 29.9. The Bertz CT molecular complexity index is 1170. The number of carbonyl (C=O) groups excluding carboxylic acids is 3. The van der Waals surface area contributed by atoms with Gasteiger partial charge in [-0.05, 0) is 57.1 Å². The number of aliphatic hydroxyl groups is 1. The predicted octanol–water partition coefficient (Wildman–Crippen LogP) is 4.85. The summed E-state index contributed by atoms with van der Waals surface area (Å²) in [5, 5.41) is 9.61. The SMILES string of the molecule is C=CCCOC(=O)[C@@H]1[C@H]2C(=O)N(CCCCCCO)C(C(=O)N(CC=C)c3c(C)cccc3Cl)C23CC(C)[C@@]1(C)O3. The monoisotopic (exact) mass is 586 g/mol. The first-order chi connectivity index (χ1) is 19.6. The lowest BCUT2D eigenvalue weighted by Crippen LogP contribution is -2.57. The van der Waals surface area contributed by atoms with Gasteiger partial charge in [0.1, 0.15) is 17.6 Å². The first-order valence-electron chi connectivity index (χ1n) is 14.7. The molecular weight excluding hydrogens is 544 g/mol. The fourth-order valence-electron chi connectivity index (χ4n) is 7.23. The standard InChI is InChI=1S/C32H43ClN2O6/c1-6-8-19-40-30(39)25-24-28(37)35(17-11-9-10-12-18-36)27(32(24)20-22(4)31(25,5)41-32)29(38)34(16-7-2)26-21(3)14-13-15-23(26)33/h6-7,13-15,22,24-25,27,36H,1-2,8-12,16-20H2,3-5H3/t22?,24-,25-,27?,31+,32?/m0/s1. The van der Waals surface area contributed by atoms with E-state index in [4.69, 9.17) is 21.1 Å². The maximum absolute atomic E-state index is 14.7. The van der Waals surface area contributed by atoms with Crippen LogP contribution < -0.4 is 4.90 Å². The van der Waals surface area contributed by atoms with Gasteiger partial charge in [0.25, 0.3) is 5.91 Å². The molecule has 0 radical (unpaired) electrons. The van der Waals surface area contributed by atoms with Crippen LogP contribution >= 0.6 is 11.6 Å². The molecule has 0 aromatic heterocycles. The van der Waals surface area contributed by atoms with Gasteiger partial charge in [-0.1, -0.05) is 55.7 Å². The number of aryl methyl sites for hydroxylation is 1. The van der Waals surface area contributed by atoms with Crippen molar-refractivity contribution in [2.45, 2.75) is 76.5 Å². The molecule has 3 aliphatic heterocycles. The number of fused-ring (bicyclic) bond motifs is 1. The first kappa shape index (κ1) is 31.3. The summed E-state index contributed by atoms with van der Waals surface area (Å²) in [5.74, 6) is -2.76. The van der Waals surface area contributed by atoms with Crippen LogP contribution in [-0.4, -0.2) is 71.3 Å². The molecule has 3 saturated heterocycles. The van der Waals surface area contributed by atoms with E-state index in [9.17, 15) is 19.5 Å². The molecule has 3 aliphatic rings. The molecule has 2 bridgehead atoms. The Morgan fingerprint density at radius 1 is 1.24 bits per heavy atom. The fraction of sp³-hybridized carbons (Fsp3) is 0.594. The highest BCUT2D eigenvalue weighted by atomic mass is 35.5. The molecule has 2 amide bonds. The van der Waals surface area contributed by atoms with Gasteiger partial charge in [-0.3, -0.25) is 14.4 Å². The van der Waals surface area contributed by atoms with Crippen LogP contribution in [0.1, 0.15) is 57.9 Å². The van der Waals surface area contributed by atoms with Crippen LogP contribution in [0, 0.1) is 24.7 Å². The number of unbranched alkanes of at least 4 members (excludes halogenated alkanes) is 3. The van der Waals surface area contributed by atoms with Crippen molar-refractivity contribution in [2.75, 3.05) is 31.2 Å². The van der Waals surface area contributed by atoms with Gasteiger partial charge >= 0.3 is 5.97 Å². The van der Waals surface area contributed by atoms with Crippen molar-refractivity contribution < 1.29 is 29.0 Å². The molecule has 0 saturated carbocycles. The van der Waals surface area contributed by atoms with E-state index in [2.05, 4.69) is 13.2 Å². The van der Waals surface area contributed by atoms with E-state index >= 15 is 0 Å². The van der Waals surface area contributed by atoms with E-state index in [1.165, 1.54) is 0 Å². The van der Waals surface area contributed by atoms with Gasteiger partial charge in [-0.2, -0.15) is 0 Å². The van der Waals surface area contributed by atoms with Crippen molar-refractivity contribution in [1.29, 1.82) is 0 Å². The van der Waals surface area contributed by atoms with Crippen molar-refractivity contribution in [2.24, 2.45) is 17.8 Å². The summed E-state index contributed by atoms with van der Waals surface area (Å²) in [5.41, 5.74) is -0.728. The Morgan fingerprint density at radius 2 is 1.98 bits per heavy atom. The maximum Gasteiger partial charge on any atom is 0.312 e. The van der Waals surface area contributed by atoms with Crippen LogP contribution in [0.5, 0.6) is 0 Å². The van der Waals surface area contributed by atoms with Crippen LogP contribution in [0.4, 0.5) is 5.69 Å². The van der Waals surface area contributed by atoms with Gasteiger partial charge < -0.3 is 24.4 Å². The molecule has 3 unspecified atom stereocenters. The Hall–Kier alpha value is -2.68. The number of carbonyl (C=O) groups is 3.